The molecule has 1 atom stereocenters. The van der Waals surface area contributed by atoms with Gasteiger partial charge in [0.05, 0.1) is 5.56 Å². The number of halogens is 1. The number of carbonyl (C=O) groups excluding carboxylic acids is 1. The second-order valence-electron chi connectivity index (χ2n) is 4.34. The fourth-order valence-corrected chi connectivity index (χ4v) is 1.97. The van der Waals surface area contributed by atoms with Gasteiger partial charge in [-0.3, -0.25) is 4.79 Å². The van der Waals surface area contributed by atoms with Crippen LogP contribution in [0.2, 0.25) is 0 Å². The summed E-state index contributed by atoms with van der Waals surface area (Å²) in [5.74, 6) is -0.279. The van der Waals surface area contributed by atoms with Crippen LogP contribution in [0.25, 0.3) is 0 Å². The van der Waals surface area contributed by atoms with Crippen LogP contribution < -0.4 is 0 Å². The van der Waals surface area contributed by atoms with Gasteiger partial charge in [0.1, 0.15) is 5.82 Å². The van der Waals surface area contributed by atoms with Crippen LogP contribution in [0.5, 0.6) is 0 Å². The SMILES string of the molecule is Cc1ccc(F)c(C(=O)CC2CCOC2)c1. The Labute approximate surface area is 94.4 Å². The molecule has 1 aliphatic heterocycles. The van der Waals surface area contributed by atoms with E-state index in [0.29, 0.717) is 19.6 Å². The Morgan fingerprint density at radius 3 is 3.06 bits per heavy atom. The van der Waals surface area contributed by atoms with Gasteiger partial charge in [-0.15, -0.1) is 0 Å². The molecule has 86 valence electrons. The molecule has 1 aliphatic rings. The van der Waals surface area contributed by atoms with Gasteiger partial charge < -0.3 is 4.74 Å². The van der Waals surface area contributed by atoms with E-state index in [0.717, 1.165) is 12.0 Å². The average molecular weight is 222 g/mol. The maximum absolute atomic E-state index is 13.4. The number of hydrogen-bond donors (Lipinski definition) is 0. The largest absolute Gasteiger partial charge is 0.381 e. The molecule has 0 aromatic heterocycles. The van der Waals surface area contributed by atoms with Crippen LogP contribution in [0.3, 0.4) is 0 Å². The maximum atomic E-state index is 13.4. The van der Waals surface area contributed by atoms with Gasteiger partial charge in [-0.25, -0.2) is 4.39 Å². The fourth-order valence-electron chi connectivity index (χ4n) is 1.97. The van der Waals surface area contributed by atoms with E-state index in [-0.39, 0.29) is 17.3 Å². The predicted octanol–water partition coefficient (Wildman–Crippen LogP) is 2.74. The molecule has 2 nitrogen and oxygen atoms in total. The van der Waals surface area contributed by atoms with E-state index in [4.69, 9.17) is 4.74 Å². The van der Waals surface area contributed by atoms with Crippen LogP contribution in [0.15, 0.2) is 18.2 Å². The number of carbonyl (C=O) groups is 1. The number of ether oxygens (including phenoxy) is 1. The minimum Gasteiger partial charge on any atom is -0.381 e. The summed E-state index contributed by atoms with van der Waals surface area (Å²) in [5, 5.41) is 0. The molecule has 0 N–H and O–H groups in total. The highest BCUT2D eigenvalue weighted by molar-refractivity contribution is 5.96. The second-order valence-corrected chi connectivity index (χ2v) is 4.34. The molecule has 1 saturated heterocycles. The molecule has 1 unspecified atom stereocenters. The molecule has 0 spiro atoms. The molecular formula is C13H15FO2. The van der Waals surface area contributed by atoms with Crippen molar-refractivity contribution in [1.82, 2.24) is 0 Å². The standard InChI is InChI=1S/C13H15FO2/c1-9-2-3-12(14)11(6-9)13(15)7-10-4-5-16-8-10/h2-3,6,10H,4-5,7-8H2,1H3. The normalized spacial score (nSPS) is 20.0. The Balaban J connectivity index is 2.10. The van der Waals surface area contributed by atoms with Gasteiger partial charge in [0.25, 0.3) is 0 Å². The lowest BCUT2D eigenvalue weighted by Gasteiger charge is -2.07. The lowest BCUT2D eigenvalue weighted by Crippen LogP contribution is -2.10. The Bertz CT molecular complexity index is 395. The summed E-state index contributed by atoms with van der Waals surface area (Å²) in [4.78, 5) is 11.9. The van der Waals surface area contributed by atoms with Gasteiger partial charge in [-0.05, 0) is 31.4 Å². The highest BCUT2D eigenvalue weighted by atomic mass is 19.1. The minimum atomic E-state index is -0.422. The first-order valence-electron chi connectivity index (χ1n) is 5.54. The number of benzene rings is 1. The minimum absolute atomic E-state index is 0.114. The lowest BCUT2D eigenvalue weighted by atomic mass is 9.96. The van der Waals surface area contributed by atoms with Gasteiger partial charge in [0, 0.05) is 19.6 Å². The Morgan fingerprint density at radius 2 is 2.38 bits per heavy atom. The predicted molar refractivity (Wildman–Crippen MR) is 59.0 cm³/mol. The monoisotopic (exact) mass is 222 g/mol. The van der Waals surface area contributed by atoms with E-state index < -0.39 is 5.82 Å². The smallest absolute Gasteiger partial charge is 0.166 e. The summed E-state index contributed by atoms with van der Waals surface area (Å²) in [6, 6.07) is 4.64. The molecule has 0 radical (unpaired) electrons. The Hall–Kier alpha value is -1.22. The zero-order valence-electron chi connectivity index (χ0n) is 9.33. The van der Waals surface area contributed by atoms with Crippen molar-refractivity contribution in [1.29, 1.82) is 0 Å². The van der Waals surface area contributed by atoms with Crippen LogP contribution in [0.1, 0.15) is 28.8 Å². The first kappa shape index (κ1) is 11.3. The third-order valence-corrected chi connectivity index (χ3v) is 2.92. The van der Waals surface area contributed by atoms with Crippen molar-refractivity contribution >= 4 is 5.78 Å². The number of hydrogen-bond acceptors (Lipinski definition) is 2. The highest BCUT2D eigenvalue weighted by Crippen LogP contribution is 2.20. The molecule has 0 aliphatic carbocycles. The molecule has 1 fully saturated rings. The first-order chi connectivity index (χ1) is 7.66. The second kappa shape index (κ2) is 4.74. The van der Waals surface area contributed by atoms with E-state index in [1.165, 1.54) is 6.07 Å². The van der Waals surface area contributed by atoms with Crippen LogP contribution >= 0.6 is 0 Å². The summed E-state index contributed by atoms with van der Waals surface area (Å²) >= 11 is 0. The van der Waals surface area contributed by atoms with Crippen LogP contribution in [-0.4, -0.2) is 19.0 Å². The van der Waals surface area contributed by atoms with E-state index in [1.54, 1.807) is 12.1 Å². The molecular weight excluding hydrogens is 207 g/mol. The summed E-state index contributed by atoms with van der Waals surface area (Å²) in [6.07, 6.45) is 1.29. The van der Waals surface area contributed by atoms with Crippen molar-refractivity contribution in [2.24, 2.45) is 5.92 Å². The van der Waals surface area contributed by atoms with Gasteiger partial charge in [-0.2, -0.15) is 0 Å². The number of Topliss-reactive ketones (excluding diaryl/α,β-unsaturated/α-hetero) is 1. The lowest BCUT2D eigenvalue weighted by molar-refractivity contribution is 0.0948. The van der Waals surface area contributed by atoms with Crippen LogP contribution in [0, 0.1) is 18.7 Å². The van der Waals surface area contributed by atoms with Gasteiger partial charge in [0.2, 0.25) is 0 Å². The van der Waals surface area contributed by atoms with Gasteiger partial charge in [-0.1, -0.05) is 11.6 Å². The van der Waals surface area contributed by atoms with Crippen molar-refractivity contribution in [2.75, 3.05) is 13.2 Å². The molecule has 0 amide bonds. The first-order valence-corrected chi connectivity index (χ1v) is 5.54. The molecule has 16 heavy (non-hydrogen) atoms. The van der Waals surface area contributed by atoms with Crippen molar-refractivity contribution in [3.8, 4) is 0 Å². The van der Waals surface area contributed by atoms with Gasteiger partial charge in [0.15, 0.2) is 5.78 Å². The molecule has 0 saturated carbocycles. The third-order valence-electron chi connectivity index (χ3n) is 2.92. The molecule has 3 heteroatoms. The third kappa shape index (κ3) is 2.47. The zero-order chi connectivity index (χ0) is 11.5. The van der Waals surface area contributed by atoms with E-state index in [2.05, 4.69) is 0 Å². The summed E-state index contributed by atoms with van der Waals surface area (Å²) in [6.45, 7) is 3.20. The van der Waals surface area contributed by atoms with Crippen LogP contribution in [-0.2, 0) is 4.74 Å². The van der Waals surface area contributed by atoms with E-state index in [1.807, 2.05) is 6.92 Å². The molecule has 1 heterocycles. The summed E-state index contributed by atoms with van der Waals surface area (Å²) in [5.41, 5.74) is 1.12. The van der Waals surface area contributed by atoms with E-state index >= 15 is 0 Å². The molecule has 2 rings (SSSR count). The van der Waals surface area contributed by atoms with Gasteiger partial charge >= 0.3 is 0 Å². The van der Waals surface area contributed by atoms with Crippen molar-refractivity contribution in [3.05, 3.63) is 35.1 Å². The molecule has 0 bridgehead atoms. The Kier molecular flexibility index (Phi) is 3.34. The highest BCUT2D eigenvalue weighted by Gasteiger charge is 2.21. The van der Waals surface area contributed by atoms with Crippen LogP contribution in [0.4, 0.5) is 4.39 Å². The number of rotatable bonds is 3. The molecule has 1 aromatic carbocycles. The zero-order valence-corrected chi connectivity index (χ0v) is 9.33. The molecule has 1 aromatic rings. The maximum Gasteiger partial charge on any atom is 0.166 e. The number of ketones is 1. The van der Waals surface area contributed by atoms with Crippen molar-refractivity contribution in [3.63, 3.8) is 0 Å². The fraction of sp³-hybridized carbons (Fsp3) is 0.462. The topological polar surface area (TPSA) is 26.3 Å². The summed E-state index contributed by atoms with van der Waals surface area (Å²) in [7, 11) is 0. The summed E-state index contributed by atoms with van der Waals surface area (Å²) < 4.78 is 18.6. The van der Waals surface area contributed by atoms with Crippen molar-refractivity contribution in [2.45, 2.75) is 19.8 Å². The quantitative estimate of drug-likeness (QED) is 0.735. The number of aryl methyl sites for hydroxylation is 1. The van der Waals surface area contributed by atoms with E-state index in [9.17, 15) is 9.18 Å². The Morgan fingerprint density at radius 1 is 1.56 bits per heavy atom. The average Bonchev–Trinajstić information content (AvgIpc) is 2.74. The van der Waals surface area contributed by atoms with Crippen molar-refractivity contribution < 1.29 is 13.9 Å².